The molecule has 1 aromatic carbocycles. The summed E-state index contributed by atoms with van der Waals surface area (Å²) in [7, 11) is -1.89. The fourth-order valence-electron chi connectivity index (χ4n) is 1.95. The molecule has 1 heterocycles. The van der Waals surface area contributed by atoms with Gasteiger partial charge in [-0.05, 0) is 25.1 Å². The molecule has 0 saturated carbocycles. The number of hydrogen-bond acceptors (Lipinski definition) is 4. The number of nitrogens with zero attached hydrogens (tertiary/aromatic N) is 1. The van der Waals surface area contributed by atoms with Crippen LogP contribution in [0.5, 0.6) is 0 Å². The third-order valence-electron chi connectivity index (χ3n) is 3.10. The van der Waals surface area contributed by atoms with Gasteiger partial charge in [0.15, 0.2) is 0 Å². The second-order valence-electron chi connectivity index (χ2n) is 4.63. The van der Waals surface area contributed by atoms with E-state index < -0.39 is 10.0 Å². The fourth-order valence-corrected chi connectivity index (χ4v) is 3.32. The lowest BCUT2D eigenvalue weighted by atomic mass is 10.2. The molecule has 1 aromatic rings. The quantitative estimate of drug-likeness (QED) is 0.846. The van der Waals surface area contributed by atoms with Crippen LogP contribution in [-0.4, -0.2) is 46.1 Å². The van der Waals surface area contributed by atoms with Gasteiger partial charge in [-0.15, -0.1) is 0 Å². The first kappa shape index (κ1) is 15.0. The van der Waals surface area contributed by atoms with Crippen LogP contribution in [0.1, 0.15) is 5.56 Å². The zero-order valence-electron chi connectivity index (χ0n) is 11.7. The molecule has 0 aromatic heterocycles. The SMILES string of the molecule is COCC1=CCN(S(=O)(=O)c2ccc(C)cc2)CCO1. The van der Waals surface area contributed by atoms with E-state index in [2.05, 4.69) is 0 Å². The number of rotatable bonds is 4. The normalized spacial score (nSPS) is 17.2. The molecule has 5 nitrogen and oxygen atoms in total. The molecule has 1 aliphatic rings. The van der Waals surface area contributed by atoms with Crippen LogP contribution in [0.3, 0.4) is 0 Å². The van der Waals surface area contributed by atoms with Gasteiger partial charge >= 0.3 is 0 Å². The van der Waals surface area contributed by atoms with Crippen molar-refractivity contribution < 1.29 is 17.9 Å². The van der Waals surface area contributed by atoms with Crippen LogP contribution in [0.15, 0.2) is 41.0 Å². The van der Waals surface area contributed by atoms with Crippen molar-refractivity contribution in [2.75, 3.05) is 33.4 Å². The van der Waals surface area contributed by atoms with Crippen LogP contribution >= 0.6 is 0 Å². The molecular weight excluding hydrogens is 278 g/mol. The van der Waals surface area contributed by atoms with Crippen molar-refractivity contribution >= 4 is 10.0 Å². The van der Waals surface area contributed by atoms with Gasteiger partial charge in [0.05, 0.1) is 4.90 Å². The molecule has 0 aliphatic carbocycles. The smallest absolute Gasteiger partial charge is 0.243 e. The maximum atomic E-state index is 12.5. The molecule has 0 fully saturated rings. The van der Waals surface area contributed by atoms with E-state index in [1.165, 1.54) is 4.31 Å². The van der Waals surface area contributed by atoms with E-state index in [1.807, 2.05) is 6.92 Å². The summed E-state index contributed by atoms with van der Waals surface area (Å²) in [5, 5.41) is 0. The zero-order chi connectivity index (χ0) is 14.6. The lowest BCUT2D eigenvalue weighted by Gasteiger charge is -2.18. The molecule has 0 amide bonds. The average molecular weight is 297 g/mol. The van der Waals surface area contributed by atoms with Gasteiger partial charge in [0.25, 0.3) is 0 Å². The van der Waals surface area contributed by atoms with Crippen LogP contribution in [0.2, 0.25) is 0 Å². The highest BCUT2D eigenvalue weighted by atomic mass is 32.2. The Balaban J connectivity index is 2.19. The molecule has 20 heavy (non-hydrogen) atoms. The Labute approximate surface area is 119 Å². The Morgan fingerprint density at radius 1 is 1.30 bits per heavy atom. The van der Waals surface area contributed by atoms with Crippen molar-refractivity contribution in [2.45, 2.75) is 11.8 Å². The van der Waals surface area contributed by atoms with E-state index in [9.17, 15) is 8.42 Å². The zero-order valence-corrected chi connectivity index (χ0v) is 12.5. The number of sulfonamides is 1. The summed E-state index contributed by atoms with van der Waals surface area (Å²) >= 11 is 0. The molecule has 0 radical (unpaired) electrons. The summed E-state index contributed by atoms with van der Waals surface area (Å²) in [6, 6.07) is 6.87. The van der Waals surface area contributed by atoms with E-state index in [0.29, 0.717) is 37.0 Å². The molecule has 0 bridgehead atoms. The Morgan fingerprint density at radius 3 is 2.65 bits per heavy atom. The second-order valence-corrected chi connectivity index (χ2v) is 6.57. The number of ether oxygens (including phenoxy) is 2. The standard InChI is InChI=1S/C14H19NO4S/c1-12-3-5-14(6-4-12)20(16,17)15-8-7-13(11-18-2)19-10-9-15/h3-7H,8-11H2,1-2H3. The molecule has 0 saturated heterocycles. The van der Waals surface area contributed by atoms with Gasteiger partial charge in [0.2, 0.25) is 10.0 Å². The fraction of sp³-hybridized carbons (Fsp3) is 0.429. The van der Waals surface area contributed by atoms with Gasteiger partial charge in [0, 0.05) is 20.2 Å². The van der Waals surface area contributed by atoms with Crippen LogP contribution in [0.4, 0.5) is 0 Å². The van der Waals surface area contributed by atoms with Gasteiger partial charge in [-0.3, -0.25) is 0 Å². The topological polar surface area (TPSA) is 55.8 Å². The highest BCUT2D eigenvalue weighted by molar-refractivity contribution is 7.89. The first-order chi connectivity index (χ1) is 9.54. The van der Waals surface area contributed by atoms with Gasteiger partial charge in [0.1, 0.15) is 19.0 Å². The van der Waals surface area contributed by atoms with Gasteiger partial charge in [-0.1, -0.05) is 17.7 Å². The predicted molar refractivity (Wildman–Crippen MR) is 75.8 cm³/mol. The van der Waals surface area contributed by atoms with Gasteiger partial charge < -0.3 is 9.47 Å². The second kappa shape index (κ2) is 6.39. The Kier molecular flexibility index (Phi) is 4.80. The molecule has 1 aliphatic heterocycles. The van der Waals surface area contributed by atoms with E-state index >= 15 is 0 Å². The Morgan fingerprint density at radius 2 is 2.00 bits per heavy atom. The van der Waals surface area contributed by atoms with Crippen molar-refractivity contribution in [1.82, 2.24) is 4.31 Å². The number of aryl methyl sites for hydroxylation is 1. The third-order valence-corrected chi connectivity index (χ3v) is 4.98. The maximum absolute atomic E-state index is 12.5. The van der Waals surface area contributed by atoms with Gasteiger partial charge in [-0.2, -0.15) is 4.31 Å². The molecule has 2 rings (SSSR count). The molecule has 0 atom stereocenters. The summed E-state index contributed by atoms with van der Waals surface area (Å²) < 4.78 is 36.9. The summed E-state index contributed by atoms with van der Waals surface area (Å²) in [6.07, 6.45) is 1.75. The first-order valence-corrected chi connectivity index (χ1v) is 7.85. The van der Waals surface area contributed by atoms with Crippen molar-refractivity contribution in [3.63, 3.8) is 0 Å². The van der Waals surface area contributed by atoms with Crippen molar-refractivity contribution in [3.05, 3.63) is 41.7 Å². The van der Waals surface area contributed by atoms with Crippen molar-refractivity contribution in [3.8, 4) is 0 Å². The monoisotopic (exact) mass is 297 g/mol. The summed E-state index contributed by atoms with van der Waals surface area (Å²) in [6.45, 7) is 3.25. The average Bonchev–Trinajstić information content (AvgIpc) is 2.66. The third kappa shape index (κ3) is 3.39. The lowest BCUT2D eigenvalue weighted by Crippen LogP contribution is -2.33. The lowest BCUT2D eigenvalue weighted by molar-refractivity contribution is 0.132. The highest BCUT2D eigenvalue weighted by Gasteiger charge is 2.25. The van der Waals surface area contributed by atoms with Crippen LogP contribution in [0, 0.1) is 6.92 Å². The van der Waals surface area contributed by atoms with Crippen molar-refractivity contribution in [1.29, 1.82) is 0 Å². The minimum Gasteiger partial charge on any atom is -0.494 e. The minimum atomic E-state index is -3.47. The van der Waals surface area contributed by atoms with Crippen LogP contribution in [0.25, 0.3) is 0 Å². The largest absolute Gasteiger partial charge is 0.494 e. The van der Waals surface area contributed by atoms with E-state index in [-0.39, 0.29) is 0 Å². The number of benzene rings is 1. The summed E-state index contributed by atoms with van der Waals surface area (Å²) in [4.78, 5) is 0.312. The van der Waals surface area contributed by atoms with Crippen molar-refractivity contribution in [2.24, 2.45) is 0 Å². The number of methoxy groups -OCH3 is 1. The summed E-state index contributed by atoms with van der Waals surface area (Å²) in [5.41, 5.74) is 1.03. The molecule has 0 spiro atoms. The van der Waals surface area contributed by atoms with Crippen LogP contribution in [-0.2, 0) is 19.5 Å². The number of hydrogen-bond donors (Lipinski definition) is 0. The highest BCUT2D eigenvalue weighted by Crippen LogP contribution is 2.18. The van der Waals surface area contributed by atoms with E-state index in [0.717, 1.165) is 5.56 Å². The molecule has 6 heteroatoms. The van der Waals surface area contributed by atoms with E-state index in [1.54, 1.807) is 37.5 Å². The predicted octanol–water partition coefficient (Wildman–Crippen LogP) is 1.55. The minimum absolute atomic E-state index is 0.300. The Hall–Kier alpha value is -1.37. The van der Waals surface area contributed by atoms with Crippen LogP contribution < -0.4 is 0 Å². The maximum Gasteiger partial charge on any atom is 0.243 e. The summed E-state index contributed by atoms with van der Waals surface area (Å²) in [5.74, 6) is 0.675. The first-order valence-electron chi connectivity index (χ1n) is 6.41. The molecule has 0 N–H and O–H groups in total. The Bertz CT molecular complexity index is 578. The van der Waals surface area contributed by atoms with Gasteiger partial charge in [-0.25, -0.2) is 8.42 Å². The molecule has 0 unspecified atom stereocenters. The molecule has 110 valence electrons. The molecular formula is C14H19NO4S. The van der Waals surface area contributed by atoms with E-state index in [4.69, 9.17) is 9.47 Å².